The second kappa shape index (κ2) is 9.34. The van der Waals surface area contributed by atoms with E-state index in [1.165, 1.54) is 0 Å². The topological polar surface area (TPSA) is 74.6 Å². The number of hydrogen-bond acceptors (Lipinski definition) is 6. The van der Waals surface area contributed by atoms with Gasteiger partial charge in [0.05, 0.1) is 43.0 Å². The largest absolute Gasteiger partial charge is 0.493 e. The molecular formula is C25H29N3O4. The number of anilines is 1. The highest BCUT2D eigenvalue weighted by Crippen LogP contribution is 2.41. The van der Waals surface area contributed by atoms with Gasteiger partial charge < -0.3 is 19.5 Å². The van der Waals surface area contributed by atoms with Crippen molar-refractivity contribution in [1.29, 1.82) is 0 Å². The fourth-order valence-corrected chi connectivity index (χ4v) is 4.05. The van der Waals surface area contributed by atoms with Crippen LogP contribution in [-0.4, -0.2) is 35.8 Å². The van der Waals surface area contributed by atoms with Gasteiger partial charge in [-0.05, 0) is 50.1 Å². The van der Waals surface area contributed by atoms with Crippen LogP contribution in [0.15, 0.2) is 53.7 Å². The molecule has 0 aliphatic carbocycles. The predicted octanol–water partition coefficient (Wildman–Crippen LogP) is 5.08. The van der Waals surface area contributed by atoms with E-state index >= 15 is 0 Å². The molecule has 2 heterocycles. The van der Waals surface area contributed by atoms with Crippen LogP contribution in [0.3, 0.4) is 0 Å². The van der Waals surface area contributed by atoms with Gasteiger partial charge in [-0.2, -0.15) is 0 Å². The molecular weight excluding hydrogens is 406 g/mol. The standard InChI is InChI=1S/C25H29N3O4/c1-5-7-14-32-20-13-12-17(15-21(20)30-4)23-22(24(29)31-6-2)16(3)26-25-27-18-10-8-9-11-19(18)28(23)25/h8-13,15,23H,5-7,14H2,1-4H3,(H,26,27)/t23-/m1/s1. The van der Waals surface area contributed by atoms with E-state index in [0.29, 0.717) is 36.2 Å². The molecule has 0 saturated heterocycles. The van der Waals surface area contributed by atoms with Crippen LogP contribution in [0.1, 0.15) is 45.2 Å². The number of nitrogens with one attached hydrogen (secondary N) is 1. The molecule has 4 rings (SSSR count). The summed E-state index contributed by atoms with van der Waals surface area (Å²) in [5, 5.41) is 3.29. The molecule has 0 saturated carbocycles. The second-order valence-electron chi connectivity index (χ2n) is 7.69. The highest BCUT2D eigenvalue weighted by molar-refractivity contribution is 5.94. The number of imidazole rings is 1. The number of methoxy groups -OCH3 is 1. The molecule has 1 N–H and O–H groups in total. The lowest BCUT2D eigenvalue weighted by molar-refractivity contribution is -0.139. The minimum Gasteiger partial charge on any atom is -0.493 e. The Morgan fingerprint density at radius 1 is 1.16 bits per heavy atom. The number of rotatable bonds is 8. The highest BCUT2D eigenvalue weighted by atomic mass is 16.5. The summed E-state index contributed by atoms with van der Waals surface area (Å²) < 4.78 is 19.0. The van der Waals surface area contributed by atoms with Gasteiger partial charge in [-0.3, -0.25) is 4.57 Å². The van der Waals surface area contributed by atoms with Crippen LogP contribution in [0.2, 0.25) is 0 Å². The van der Waals surface area contributed by atoms with Gasteiger partial charge in [0.1, 0.15) is 0 Å². The number of allylic oxidation sites excluding steroid dienone is 1. The molecule has 2 aromatic carbocycles. The van der Waals surface area contributed by atoms with Gasteiger partial charge in [-0.1, -0.05) is 31.5 Å². The number of benzene rings is 2. The van der Waals surface area contributed by atoms with Crippen LogP contribution in [0.5, 0.6) is 11.5 Å². The van der Waals surface area contributed by atoms with Gasteiger partial charge in [0.25, 0.3) is 0 Å². The fraction of sp³-hybridized carbons (Fsp3) is 0.360. The summed E-state index contributed by atoms with van der Waals surface area (Å²) in [7, 11) is 1.62. The lowest BCUT2D eigenvalue weighted by Gasteiger charge is -2.30. The van der Waals surface area contributed by atoms with Crippen LogP contribution in [0.4, 0.5) is 5.95 Å². The van der Waals surface area contributed by atoms with E-state index in [0.717, 1.165) is 35.1 Å². The lowest BCUT2D eigenvalue weighted by atomic mass is 9.94. The van der Waals surface area contributed by atoms with E-state index < -0.39 is 6.04 Å². The monoisotopic (exact) mass is 435 g/mol. The molecule has 0 fully saturated rings. The smallest absolute Gasteiger partial charge is 0.338 e. The number of unbranched alkanes of at least 4 members (excludes halogenated alkanes) is 1. The van der Waals surface area contributed by atoms with Gasteiger partial charge in [0.2, 0.25) is 5.95 Å². The number of aromatic nitrogens is 2. The Labute approximate surface area is 188 Å². The first kappa shape index (κ1) is 21.7. The van der Waals surface area contributed by atoms with Crippen LogP contribution in [0.25, 0.3) is 11.0 Å². The molecule has 1 atom stereocenters. The van der Waals surface area contributed by atoms with E-state index in [1.54, 1.807) is 7.11 Å². The molecule has 1 aliphatic heterocycles. The number of ether oxygens (including phenoxy) is 3. The van der Waals surface area contributed by atoms with Crippen molar-refractivity contribution in [2.45, 2.75) is 39.7 Å². The molecule has 7 heteroatoms. The third kappa shape index (κ3) is 3.90. The molecule has 7 nitrogen and oxygen atoms in total. The van der Waals surface area contributed by atoms with Crippen LogP contribution >= 0.6 is 0 Å². The SMILES string of the molecule is CCCCOc1ccc([C@@H]2C(C(=O)OCC)=C(C)Nc3nc4ccccc4n32)cc1OC. The maximum absolute atomic E-state index is 13.0. The molecule has 1 aromatic heterocycles. The second-order valence-corrected chi connectivity index (χ2v) is 7.69. The zero-order valence-corrected chi connectivity index (χ0v) is 19.0. The molecule has 0 bridgehead atoms. The summed E-state index contributed by atoms with van der Waals surface area (Å²) in [6.07, 6.45) is 2.03. The molecule has 1 aliphatic rings. The van der Waals surface area contributed by atoms with E-state index in [-0.39, 0.29) is 5.97 Å². The summed E-state index contributed by atoms with van der Waals surface area (Å²) in [6.45, 7) is 6.74. The fourth-order valence-electron chi connectivity index (χ4n) is 4.05. The zero-order valence-electron chi connectivity index (χ0n) is 19.0. The van der Waals surface area contributed by atoms with Crippen LogP contribution in [-0.2, 0) is 9.53 Å². The van der Waals surface area contributed by atoms with Crippen molar-refractivity contribution in [3.8, 4) is 11.5 Å². The van der Waals surface area contributed by atoms with Gasteiger partial charge >= 0.3 is 5.97 Å². The Balaban J connectivity index is 1.86. The number of esters is 1. The summed E-state index contributed by atoms with van der Waals surface area (Å²) in [5.74, 6) is 1.65. The van der Waals surface area contributed by atoms with E-state index in [4.69, 9.17) is 19.2 Å². The first-order chi connectivity index (χ1) is 15.6. The first-order valence-corrected chi connectivity index (χ1v) is 11.0. The van der Waals surface area contributed by atoms with Gasteiger partial charge in [-0.15, -0.1) is 0 Å². The van der Waals surface area contributed by atoms with Crippen molar-refractivity contribution < 1.29 is 19.0 Å². The molecule has 0 unspecified atom stereocenters. The van der Waals surface area contributed by atoms with Gasteiger partial charge in [0.15, 0.2) is 11.5 Å². The third-order valence-electron chi connectivity index (χ3n) is 5.58. The number of carbonyl (C=O) groups is 1. The molecule has 0 amide bonds. The molecule has 32 heavy (non-hydrogen) atoms. The van der Waals surface area contributed by atoms with Crippen LogP contribution < -0.4 is 14.8 Å². The first-order valence-electron chi connectivity index (χ1n) is 11.0. The van der Waals surface area contributed by atoms with Crippen molar-refractivity contribution in [2.75, 3.05) is 25.6 Å². The summed E-state index contributed by atoms with van der Waals surface area (Å²) in [4.78, 5) is 17.8. The number of hydrogen-bond donors (Lipinski definition) is 1. The zero-order chi connectivity index (χ0) is 22.7. The predicted molar refractivity (Wildman–Crippen MR) is 124 cm³/mol. The van der Waals surface area contributed by atoms with Crippen molar-refractivity contribution in [3.63, 3.8) is 0 Å². The molecule has 3 aromatic rings. The number of carbonyl (C=O) groups excluding carboxylic acids is 1. The third-order valence-corrected chi connectivity index (χ3v) is 5.58. The summed E-state index contributed by atoms with van der Waals surface area (Å²) in [5.41, 5.74) is 3.93. The Hall–Kier alpha value is -3.48. The van der Waals surface area contributed by atoms with E-state index in [2.05, 4.69) is 12.2 Å². The Bertz CT molecular complexity index is 1170. The van der Waals surface area contributed by atoms with Gasteiger partial charge in [-0.25, -0.2) is 9.78 Å². The minimum atomic E-state index is -0.420. The van der Waals surface area contributed by atoms with Gasteiger partial charge in [0, 0.05) is 5.70 Å². The Morgan fingerprint density at radius 3 is 2.72 bits per heavy atom. The van der Waals surface area contributed by atoms with Crippen LogP contribution in [0, 0.1) is 0 Å². The minimum absolute atomic E-state index is 0.299. The normalized spacial score (nSPS) is 15.3. The molecule has 168 valence electrons. The quantitative estimate of drug-likeness (QED) is 0.393. The summed E-state index contributed by atoms with van der Waals surface area (Å²) in [6, 6.07) is 13.3. The van der Waals surface area contributed by atoms with Crippen molar-refractivity contribution >= 4 is 23.0 Å². The summed E-state index contributed by atoms with van der Waals surface area (Å²) >= 11 is 0. The van der Waals surface area contributed by atoms with Crippen molar-refractivity contribution in [2.24, 2.45) is 0 Å². The maximum Gasteiger partial charge on any atom is 0.338 e. The Kier molecular flexibility index (Phi) is 6.35. The van der Waals surface area contributed by atoms with E-state index in [1.807, 2.05) is 60.9 Å². The van der Waals surface area contributed by atoms with Crippen molar-refractivity contribution in [3.05, 3.63) is 59.3 Å². The van der Waals surface area contributed by atoms with Crippen molar-refractivity contribution in [1.82, 2.24) is 9.55 Å². The molecule has 0 radical (unpaired) electrons. The highest BCUT2D eigenvalue weighted by Gasteiger charge is 2.35. The molecule has 0 spiro atoms. The number of nitrogens with zero attached hydrogens (tertiary/aromatic N) is 2. The van der Waals surface area contributed by atoms with E-state index in [9.17, 15) is 4.79 Å². The lowest BCUT2D eigenvalue weighted by Crippen LogP contribution is -2.29. The number of fused-ring (bicyclic) bond motifs is 3. The number of para-hydroxylation sites is 2. The Morgan fingerprint density at radius 2 is 1.97 bits per heavy atom. The average Bonchev–Trinajstić information content (AvgIpc) is 3.16. The average molecular weight is 436 g/mol. The maximum atomic E-state index is 13.0.